The fraction of sp³-hybridized carbons (Fsp3) is 0.269. The number of hydrogen-bond donors (Lipinski definition) is 1. The van der Waals surface area contributed by atoms with E-state index in [4.69, 9.17) is 8.92 Å². The highest BCUT2D eigenvalue weighted by molar-refractivity contribution is 7.87. The first-order valence-corrected chi connectivity index (χ1v) is 12.2. The van der Waals surface area contributed by atoms with Crippen LogP contribution in [0.1, 0.15) is 43.0 Å². The average Bonchev–Trinajstić information content (AvgIpc) is 2.77. The Morgan fingerprint density at radius 2 is 1.55 bits per heavy atom. The third-order valence-corrected chi connectivity index (χ3v) is 6.19. The number of rotatable bonds is 10. The Morgan fingerprint density at radius 1 is 0.909 bits per heavy atom. The molecule has 0 fully saturated rings. The lowest BCUT2D eigenvalue weighted by molar-refractivity contribution is -0.148. The zero-order valence-electron chi connectivity index (χ0n) is 19.0. The first-order chi connectivity index (χ1) is 15.7. The summed E-state index contributed by atoms with van der Waals surface area (Å²) in [6.45, 7) is 6.07. The molecular formula is C26H29NO5S. The number of benzene rings is 3. The number of carbonyl (C=O) groups is 1. The molecule has 6 nitrogen and oxygen atoms in total. The van der Waals surface area contributed by atoms with Crippen LogP contribution < -0.4 is 9.50 Å². The third-order valence-electron chi connectivity index (χ3n) is 4.93. The maximum Gasteiger partial charge on any atom is 0.339 e. The van der Waals surface area contributed by atoms with Gasteiger partial charge in [-0.2, -0.15) is 8.42 Å². The minimum Gasteiger partial charge on any atom is -0.463 e. The molecule has 1 atom stereocenters. The van der Waals surface area contributed by atoms with Gasteiger partial charge in [0.15, 0.2) is 0 Å². The summed E-state index contributed by atoms with van der Waals surface area (Å²) in [4.78, 5) is 12.4. The average molecular weight is 468 g/mol. The molecule has 1 unspecified atom stereocenters. The molecule has 0 aliphatic carbocycles. The molecule has 0 aromatic heterocycles. The molecule has 7 heteroatoms. The highest BCUT2D eigenvalue weighted by atomic mass is 32.2. The van der Waals surface area contributed by atoms with E-state index in [2.05, 4.69) is 5.32 Å². The van der Waals surface area contributed by atoms with Gasteiger partial charge < -0.3 is 14.2 Å². The summed E-state index contributed by atoms with van der Waals surface area (Å²) in [5.74, 6) is -0.108. The second-order valence-corrected chi connectivity index (χ2v) is 9.63. The second-order valence-electron chi connectivity index (χ2n) is 8.08. The fourth-order valence-electron chi connectivity index (χ4n) is 3.26. The van der Waals surface area contributed by atoms with E-state index in [1.807, 2.05) is 51.1 Å². The molecule has 174 valence electrons. The predicted molar refractivity (Wildman–Crippen MR) is 127 cm³/mol. The number of esters is 1. The summed E-state index contributed by atoms with van der Waals surface area (Å²) < 4.78 is 35.7. The van der Waals surface area contributed by atoms with Crippen LogP contribution in [-0.2, 0) is 26.2 Å². The molecule has 0 amide bonds. The van der Waals surface area contributed by atoms with Gasteiger partial charge in [-0.15, -0.1) is 0 Å². The van der Waals surface area contributed by atoms with Gasteiger partial charge in [-0.05, 0) is 56.2 Å². The van der Waals surface area contributed by atoms with Gasteiger partial charge in [-0.1, -0.05) is 60.2 Å². The Morgan fingerprint density at radius 3 is 2.15 bits per heavy atom. The molecule has 1 N–H and O–H groups in total. The first-order valence-electron chi connectivity index (χ1n) is 10.8. The van der Waals surface area contributed by atoms with Crippen LogP contribution in [0.25, 0.3) is 0 Å². The van der Waals surface area contributed by atoms with Crippen LogP contribution >= 0.6 is 0 Å². The molecule has 3 aromatic rings. The molecule has 3 rings (SSSR count). The van der Waals surface area contributed by atoms with Gasteiger partial charge >= 0.3 is 16.1 Å². The van der Waals surface area contributed by atoms with Crippen LogP contribution in [0.2, 0.25) is 0 Å². The predicted octanol–water partition coefficient (Wildman–Crippen LogP) is 4.94. The lowest BCUT2D eigenvalue weighted by Crippen LogP contribution is -2.25. The van der Waals surface area contributed by atoms with Crippen molar-refractivity contribution in [1.82, 2.24) is 5.32 Å². The van der Waals surface area contributed by atoms with E-state index in [1.165, 1.54) is 12.1 Å². The molecule has 0 spiro atoms. The molecule has 0 aliphatic rings. The van der Waals surface area contributed by atoms with Crippen LogP contribution in [-0.4, -0.2) is 20.5 Å². The summed E-state index contributed by atoms with van der Waals surface area (Å²) in [5, 5.41) is 3.40. The van der Waals surface area contributed by atoms with E-state index < -0.39 is 10.1 Å². The van der Waals surface area contributed by atoms with Gasteiger partial charge in [0.05, 0.1) is 12.5 Å². The van der Waals surface area contributed by atoms with Crippen LogP contribution in [0.15, 0.2) is 83.8 Å². The Labute approximate surface area is 195 Å². The minimum atomic E-state index is -3.93. The number of aryl methyl sites for hydroxylation is 1. The second kappa shape index (κ2) is 11.1. The van der Waals surface area contributed by atoms with Crippen LogP contribution in [0.5, 0.6) is 5.75 Å². The maximum atomic E-state index is 12.5. The standard InChI is InChI=1S/C26H29NO5S/c1-19(2)31-26(28)17-25(27-18-21-7-5-4-6-8-21)22-11-13-23(14-12-22)32-33(29,30)24-15-9-20(3)10-16-24/h4-16,19,25,27H,17-18H2,1-3H3. The molecule has 33 heavy (non-hydrogen) atoms. The normalized spacial score (nSPS) is 12.4. The molecule has 0 bridgehead atoms. The number of nitrogens with one attached hydrogen (secondary N) is 1. The SMILES string of the molecule is Cc1ccc(S(=O)(=O)Oc2ccc(C(CC(=O)OC(C)C)NCc3ccccc3)cc2)cc1. The summed E-state index contributed by atoms with van der Waals surface area (Å²) in [6, 6.07) is 22.7. The Hall–Kier alpha value is -3.16. The molecular weight excluding hydrogens is 438 g/mol. The fourth-order valence-corrected chi connectivity index (χ4v) is 4.19. The van der Waals surface area contributed by atoms with E-state index in [1.54, 1.807) is 36.4 Å². The smallest absolute Gasteiger partial charge is 0.339 e. The van der Waals surface area contributed by atoms with E-state index in [9.17, 15) is 13.2 Å². The van der Waals surface area contributed by atoms with Crippen molar-refractivity contribution < 1.29 is 22.1 Å². The van der Waals surface area contributed by atoms with Gasteiger partial charge in [0.25, 0.3) is 0 Å². The third kappa shape index (κ3) is 7.44. The number of ether oxygens (including phenoxy) is 1. The zero-order chi connectivity index (χ0) is 23.8. The van der Waals surface area contributed by atoms with Crippen molar-refractivity contribution in [2.24, 2.45) is 0 Å². The van der Waals surface area contributed by atoms with Crippen molar-refractivity contribution in [3.05, 3.63) is 95.6 Å². The van der Waals surface area contributed by atoms with Crippen LogP contribution in [0.4, 0.5) is 0 Å². The molecule has 0 saturated carbocycles. The van der Waals surface area contributed by atoms with Crippen molar-refractivity contribution >= 4 is 16.1 Å². The Kier molecular flexibility index (Phi) is 8.25. The Bertz CT molecular complexity index is 1140. The highest BCUT2D eigenvalue weighted by Crippen LogP contribution is 2.24. The first kappa shape index (κ1) is 24.5. The quantitative estimate of drug-likeness (QED) is 0.336. The van der Waals surface area contributed by atoms with E-state index >= 15 is 0 Å². The molecule has 0 saturated heterocycles. The lowest BCUT2D eigenvalue weighted by atomic mass is 10.0. The van der Waals surface area contributed by atoms with Gasteiger partial charge in [-0.25, -0.2) is 0 Å². The van der Waals surface area contributed by atoms with Gasteiger partial charge in [0.1, 0.15) is 10.6 Å². The number of hydrogen-bond acceptors (Lipinski definition) is 6. The van der Waals surface area contributed by atoms with Crippen molar-refractivity contribution in [1.29, 1.82) is 0 Å². The van der Waals surface area contributed by atoms with E-state index in [-0.39, 0.29) is 35.2 Å². The summed E-state index contributed by atoms with van der Waals surface area (Å²) >= 11 is 0. The van der Waals surface area contributed by atoms with E-state index in [0.717, 1.165) is 16.7 Å². The molecule has 3 aromatic carbocycles. The summed E-state index contributed by atoms with van der Waals surface area (Å²) in [6.07, 6.45) is -0.0533. The molecule has 0 aliphatic heterocycles. The van der Waals surface area contributed by atoms with Crippen molar-refractivity contribution in [2.75, 3.05) is 0 Å². The zero-order valence-corrected chi connectivity index (χ0v) is 19.8. The van der Waals surface area contributed by atoms with Gasteiger partial charge in [0, 0.05) is 12.6 Å². The minimum absolute atomic E-state index is 0.0935. The Balaban J connectivity index is 1.74. The number of carbonyl (C=O) groups excluding carboxylic acids is 1. The van der Waals surface area contributed by atoms with Crippen LogP contribution in [0.3, 0.4) is 0 Å². The van der Waals surface area contributed by atoms with Crippen molar-refractivity contribution in [2.45, 2.75) is 50.8 Å². The lowest BCUT2D eigenvalue weighted by Gasteiger charge is -2.20. The van der Waals surface area contributed by atoms with Gasteiger partial charge in [-0.3, -0.25) is 4.79 Å². The highest BCUT2D eigenvalue weighted by Gasteiger charge is 2.20. The molecule has 0 heterocycles. The van der Waals surface area contributed by atoms with E-state index in [0.29, 0.717) is 6.54 Å². The topological polar surface area (TPSA) is 81.7 Å². The van der Waals surface area contributed by atoms with Crippen molar-refractivity contribution in [3.8, 4) is 5.75 Å². The largest absolute Gasteiger partial charge is 0.463 e. The molecule has 0 radical (unpaired) electrons. The summed E-state index contributed by atoms with van der Waals surface area (Å²) in [7, 11) is -3.93. The van der Waals surface area contributed by atoms with Crippen LogP contribution in [0, 0.1) is 6.92 Å². The summed E-state index contributed by atoms with van der Waals surface area (Å²) in [5.41, 5.74) is 2.87. The monoisotopic (exact) mass is 467 g/mol. The van der Waals surface area contributed by atoms with Crippen molar-refractivity contribution in [3.63, 3.8) is 0 Å². The maximum absolute atomic E-state index is 12.5. The van der Waals surface area contributed by atoms with Gasteiger partial charge in [0.2, 0.25) is 0 Å².